The average Bonchev–Trinajstić information content (AvgIpc) is 3.05. The largest absolute Gasteiger partial charge is 0.505 e. The molecule has 0 unspecified atom stereocenters. The van der Waals surface area contributed by atoms with Gasteiger partial charge in [-0.15, -0.1) is 15.0 Å². The van der Waals surface area contributed by atoms with Crippen molar-refractivity contribution in [3.05, 3.63) is 71.8 Å². The number of phenols is 1. The van der Waals surface area contributed by atoms with Crippen LogP contribution in [0.3, 0.4) is 0 Å². The molecule has 0 atom stereocenters. The van der Waals surface area contributed by atoms with E-state index in [4.69, 9.17) is 16.3 Å². The number of amides is 1. The number of hydrogen-bond donors (Lipinski definition) is 2. The van der Waals surface area contributed by atoms with Crippen molar-refractivity contribution in [3.63, 3.8) is 0 Å². The quantitative estimate of drug-likeness (QED) is 0.550. The normalized spacial score (nSPS) is 10.7. The van der Waals surface area contributed by atoms with Gasteiger partial charge in [0.2, 0.25) is 0 Å². The first-order valence-electron chi connectivity index (χ1n) is 7.98. The Morgan fingerprint density at radius 2 is 1.78 bits per heavy atom. The first-order valence-corrected chi connectivity index (χ1v) is 8.36. The third-order valence-electron chi connectivity index (χ3n) is 3.74. The molecule has 134 valence electrons. The highest BCUT2D eigenvalue weighted by Gasteiger charge is 2.12. The smallest absolute Gasteiger partial charge is 0.417 e. The van der Waals surface area contributed by atoms with Gasteiger partial charge in [0.1, 0.15) is 28.2 Å². The van der Waals surface area contributed by atoms with E-state index in [-0.39, 0.29) is 11.5 Å². The van der Waals surface area contributed by atoms with Crippen LogP contribution in [0.4, 0.5) is 10.5 Å². The highest BCUT2D eigenvalue weighted by atomic mass is 35.5. The molecule has 1 heterocycles. The van der Waals surface area contributed by atoms with Crippen LogP contribution >= 0.6 is 11.6 Å². The van der Waals surface area contributed by atoms with Gasteiger partial charge in [-0.25, -0.2) is 4.79 Å². The molecule has 0 spiro atoms. The maximum absolute atomic E-state index is 11.9. The van der Waals surface area contributed by atoms with Gasteiger partial charge in [0, 0.05) is 16.8 Å². The van der Waals surface area contributed by atoms with E-state index in [0.717, 1.165) is 0 Å². The molecule has 2 N–H and O–H groups in total. The fourth-order valence-corrected chi connectivity index (χ4v) is 2.67. The van der Waals surface area contributed by atoms with Crippen LogP contribution in [0.15, 0.2) is 66.7 Å². The molecule has 4 aromatic rings. The number of aromatic nitrogens is 3. The molecule has 0 saturated heterocycles. The second-order valence-electron chi connectivity index (χ2n) is 5.65. The lowest BCUT2D eigenvalue weighted by Crippen LogP contribution is -2.16. The predicted octanol–water partition coefficient (Wildman–Crippen LogP) is 4.39. The topological polar surface area (TPSA) is 89.3 Å². The lowest BCUT2D eigenvalue weighted by atomic mass is 10.3. The van der Waals surface area contributed by atoms with E-state index in [2.05, 4.69) is 15.5 Å². The Morgan fingerprint density at radius 3 is 2.56 bits per heavy atom. The molecule has 0 aliphatic rings. The van der Waals surface area contributed by atoms with Gasteiger partial charge in [0.25, 0.3) is 0 Å². The minimum absolute atomic E-state index is 0.133. The molecular weight excluding hydrogens is 368 g/mol. The maximum Gasteiger partial charge on any atom is 0.417 e. The Labute approximate surface area is 158 Å². The van der Waals surface area contributed by atoms with Gasteiger partial charge in [0.05, 0.1) is 0 Å². The van der Waals surface area contributed by atoms with Crippen molar-refractivity contribution in [3.8, 4) is 17.2 Å². The SMILES string of the molecule is O=C(Nc1ccccc1)Oc1ccc(-n2nc3ccc(Cl)cc3n2)c(O)c1. The van der Waals surface area contributed by atoms with Gasteiger partial charge >= 0.3 is 6.09 Å². The van der Waals surface area contributed by atoms with Crippen LogP contribution in [0.1, 0.15) is 0 Å². The Kier molecular flexibility index (Phi) is 4.35. The van der Waals surface area contributed by atoms with E-state index < -0.39 is 6.09 Å². The summed E-state index contributed by atoms with van der Waals surface area (Å²) in [5.74, 6) is 0.0517. The number of anilines is 1. The number of ether oxygens (including phenoxy) is 1. The number of halogens is 1. The van der Waals surface area contributed by atoms with Crippen molar-refractivity contribution in [1.82, 2.24) is 15.0 Å². The van der Waals surface area contributed by atoms with Crippen LogP contribution in [0.5, 0.6) is 11.5 Å². The fraction of sp³-hybridized carbons (Fsp3) is 0. The molecule has 0 radical (unpaired) electrons. The molecule has 4 rings (SSSR count). The van der Waals surface area contributed by atoms with Crippen LogP contribution in [0, 0.1) is 0 Å². The van der Waals surface area contributed by atoms with Gasteiger partial charge in [-0.05, 0) is 42.5 Å². The summed E-state index contributed by atoms with van der Waals surface area (Å²) in [5, 5.41) is 22.0. The minimum atomic E-state index is -0.661. The number of rotatable bonds is 3. The zero-order valence-electron chi connectivity index (χ0n) is 13.8. The highest BCUT2D eigenvalue weighted by Crippen LogP contribution is 2.27. The van der Waals surface area contributed by atoms with E-state index in [1.807, 2.05) is 6.07 Å². The number of nitrogens with zero attached hydrogens (tertiary/aromatic N) is 3. The molecule has 0 bridgehead atoms. The number of benzene rings is 3. The molecule has 1 amide bonds. The number of fused-ring (bicyclic) bond motifs is 1. The Hall–Kier alpha value is -3.58. The number of nitrogens with one attached hydrogen (secondary N) is 1. The highest BCUT2D eigenvalue weighted by molar-refractivity contribution is 6.31. The molecular formula is C19H13ClN4O3. The second-order valence-corrected chi connectivity index (χ2v) is 6.09. The summed E-state index contributed by atoms with van der Waals surface area (Å²) >= 11 is 5.95. The monoisotopic (exact) mass is 380 g/mol. The van der Waals surface area contributed by atoms with Crippen LogP contribution < -0.4 is 10.1 Å². The number of hydrogen-bond acceptors (Lipinski definition) is 5. The van der Waals surface area contributed by atoms with Gasteiger partial charge < -0.3 is 9.84 Å². The van der Waals surface area contributed by atoms with Gasteiger partial charge in [-0.1, -0.05) is 29.8 Å². The lowest BCUT2D eigenvalue weighted by molar-refractivity contribution is 0.215. The minimum Gasteiger partial charge on any atom is -0.505 e. The third-order valence-corrected chi connectivity index (χ3v) is 3.97. The number of phenolic OH excluding ortho intramolecular Hbond substituents is 1. The van der Waals surface area contributed by atoms with E-state index in [1.54, 1.807) is 54.6 Å². The molecule has 0 fully saturated rings. The van der Waals surface area contributed by atoms with Crippen molar-refractivity contribution in [2.24, 2.45) is 0 Å². The first kappa shape index (κ1) is 16.9. The zero-order valence-corrected chi connectivity index (χ0v) is 14.6. The van der Waals surface area contributed by atoms with Crippen LogP contribution in [0.25, 0.3) is 16.7 Å². The number of carbonyl (C=O) groups excluding carboxylic acids is 1. The molecule has 3 aromatic carbocycles. The number of aromatic hydroxyl groups is 1. The van der Waals surface area contributed by atoms with Crippen molar-refractivity contribution in [2.45, 2.75) is 0 Å². The maximum atomic E-state index is 11.9. The van der Waals surface area contributed by atoms with Gasteiger partial charge in [0.15, 0.2) is 0 Å². The van der Waals surface area contributed by atoms with Crippen molar-refractivity contribution >= 4 is 34.4 Å². The number of para-hydroxylation sites is 1. The summed E-state index contributed by atoms with van der Waals surface area (Å²) in [6, 6.07) is 18.5. The van der Waals surface area contributed by atoms with Gasteiger partial charge in [-0.3, -0.25) is 5.32 Å². The summed E-state index contributed by atoms with van der Waals surface area (Å²) in [7, 11) is 0. The van der Waals surface area contributed by atoms with Gasteiger partial charge in [-0.2, -0.15) is 0 Å². The van der Waals surface area contributed by atoms with Crippen molar-refractivity contribution < 1.29 is 14.6 Å². The second kappa shape index (κ2) is 6.97. The van der Waals surface area contributed by atoms with E-state index in [0.29, 0.717) is 27.4 Å². The molecule has 7 nitrogen and oxygen atoms in total. The summed E-state index contributed by atoms with van der Waals surface area (Å²) in [6.07, 6.45) is -0.661. The zero-order chi connectivity index (χ0) is 18.8. The molecule has 8 heteroatoms. The van der Waals surface area contributed by atoms with Crippen molar-refractivity contribution in [1.29, 1.82) is 0 Å². The fourth-order valence-electron chi connectivity index (χ4n) is 2.50. The first-order chi connectivity index (χ1) is 13.1. The number of carbonyl (C=O) groups is 1. The molecule has 0 aliphatic heterocycles. The molecule has 0 aliphatic carbocycles. The van der Waals surface area contributed by atoms with E-state index in [9.17, 15) is 9.90 Å². The Balaban J connectivity index is 1.54. The predicted molar refractivity (Wildman–Crippen MR) is 102 cm³/mol. The van der Waals surface area contributed by atoms with Crippen LogP contribution in [-0.2, 0) is 0 Å². The standard InChI is InChI=1S/C19H13ClN4O3/c20-12-6-8-15-16(10-12)23-24(22-15)17-9-7-14(11-18(17)25)27-19(26)21-13-4-2-1-3-5-13/h1-11,25H,(H,21,26). The van der Waals surface area contributed by atoms with E-state index in [1.165, 1.54) is 10.9 Å². The Bertz CT molecular complexity index is 1130. The van der Waals surface area contributed by atoms with Crippen LogP contribution in [0.2, 0.25) is 5.02 Å². The molecule has 1 aromatic heterocycles. The van der Waals surface area contributed by atoms with Crippen molar-refractivity contribution in [2.75, 3.05) is 5.32 Å². The Morgan fingerprint density at radius 1 is 1.00 bits per heavy atom. The van der Waals surface area contributed by atoms with E-state index >= 15 is 0 Å². The lowest BCUT2D eigenvalue weighted by Gasteiger charge is -2.08. The summed E-state index contributed by atoms with van der Waals surface area (Å²) in [6.45, 7) is 0. The summed E-state index contributed by atoms with van der Waals surface area (Å²) in [5.41, 5.74) is 2.19. The molecule has 27 heavy (non-hydrogen) atoms. The summed E-state index contributed by atoms with van der Waals surface area (Å²) in [4.78, 5) is 13.2. The molecule has 0 saturated carbocycles. The van der Waals surface area contributed by atoms with Crippen LogP contribution in [-0.4, -0.2) is 26.2 Å². The summed E-state index contributed by atoms with van der Waals surface area (Å²) < 4.78 is 5.19. The third kappa shape index (κ3) is 3.68. The average molecular weight is 381 g/mol.